The van der Waals surface area contributed by atoms with Gasteiger partial charge in [-0.05, 0) is 23.8 Å². The van der Waals surface area contributed by atoms with E-state index in [1.165, 1.54) is 0 Å². The molecule has 6 heteroatoms. The molecule has 1 atom stereocenters. The molecule has 0 radical (unpaired) electrons. The van der Waals surface area contributed by atoms with Gasteiger partial charge in [-0.15, -0.1) is 10.2 Å². The van der Waals surface area contributed by atoms with Gasteiger partial charge in [0.25, 0.3) is 0 Å². The van der Waals surface area contributed by atoms with E-state index in [-0.39, 0.29) is 12.7 Å². The fourth-order valence-corrected chi connectivity index (χ4v) is 2.85. The zero-order valence-electron chi connectivity index (χ0n) is 13.6. The third-order valence-corrected chi connectivity index (χ3v) is 4.02. The number of benzene rings is 2. The highest BCUT2D eigenvalue weighted by atomic mass is 16.6. The van der Waals surface area contributed by atoms with E-state index in [9.17, 15) is 4.79 Å². The molecule has 1 aliphatic rings. The molecule has 1 unspecified atom stereocenters. The summed E-state index contributed by atoms with van der Waals surface area (Å²) in [5, 5.41) is 7.78. The molecular weight excluding hydrogens is 320 g/mol. The Morgan fingerprint density at radius 3 is 2.76 bits per heavy atom. The molecular formula is C19H16N2O4. The number of rotatable bonds is 4. The van der Waals surface area contributed by atoms with Gasteiger partial charge in [0.2, 0.25) is 11.8 Å². The fourth-order valence-electron chi connectivity index (χ4n) is 2.85. The van der Waals surface area contributed by atoms with Crippen molar-refractivity contribution in [1.82, 2.24) is 10.2 Å². The summed E-state index contributed by atoms with van der Waals surface area (Å²) >= 11 is 0. The maximum atomic E-state index is 12.5. The van der Waals surface area contributed by atoms with Gasteiger partial charge < -0.3 is 13.9 Å². The SMILES string of the molecule is Cc1nnc(-c2ccccc2C(=O)OCC2Cc3ccccc3O2)o1. The molecule has 0 bridgehead atoms. The zero-order valence-corrected chi connectivity index (χ0v) is 13.6. The van der Waals surface area contributed by atoms with Gasteiger partial charge in [0.1, 0.15) is 18.5 Å². The van der Waals surface area contributed by atoms with Crippen LogP contribution >= 0.6 is 0 Å². The Morgan fingerprint density at radius 2 is 1.96 bits per heavy atom. The molecule has 0 N–H and O–H groups in total. The van der Waals surface area contributed by atoms with E-state index in [1.807, 2.05) is 30.3 Å². The lowest BCUT2D eigenvalue weighted by atomic mass is 10.1. The number of fused-ring (bicyclic) bond motifs is 1. The van der Waals surface area contributed by atoms with E-state index in [2.05, 4.69) is 10.2 Å². The van der Waals surface area contributed by atoms with Gasteiger partial charge in [-0.25, -0.2) is 4.79 Å². The van der Waals surface area contributed by atoms with Crippen LogP contribution in [0.25, 0.3) is 11.5 Å². The number of aryl methyl sites for hydroxylation is 1. The molecule has 6 nitrogen and oxygen atoms in total. The first-order valence-corrected chi connectivity index (χ1v) is 8.02. The topological polar surface area (TPSA) is 74.5 Å². The van der Waals surface area contributed by atoms with Crippen LogP contribution in [0.15, 0.2) is 52.9 Å². The minimum Gasteiger partial charge on any atom is -0.486 e. The van der Waals surface area contributed by atoms with Crippen molar-refractivity contribution in [2.75, 3.05) is 6.61 Å². The predicted octanol–water partition coefficient (Wildman–Crippen LogP) is 3.21. The number of nitrogens with zero attached hydrogens (tertiary/aromatic N) is 2. The Kier molecular flexibility index (Phi) is 3.93. The van der Waals surface area contributed by atoms with Crippen LogP contribution in [0.4, 0.5) is 0 Å². The molecule has 0 aliphatic carbocycles. The lowest BCUT2D eigenvalue weighted by molar-refractivity contribution is 0.0347. The zero-order chi connectivity index (χ0) is 17.2. The largest absolute Gasteiger partial charge is 0.486 e. The van der Waals surface area contributed by atoms with Crippen LogP contribution in [0.1, 0.15) is 21.8 Å². The van der Waals surface area contributed by atoms with Gasteiger partial charge in [0.05, 0.1) is 11.1 Å². The summed E-state index contributed by atoms with van der Waals surface area (Å²) in [6, 6.07) is 14.9. The molecule has 2 aromatic carbocycles. The third kappa shape index (κ3) is 3.10. The molecule has 0 saturated heterocycles. The van der Waals surface area contributed by atoms with Gasteiger partial charge in [-0.3, -0.25) is 0 Å². The fraction of sp³-hybridized carbons (Fsp3) is 0.211. The summed E-state index contributed by atoms with van der Waals surface area (Å²) in [5.74, 6) is 1.15. The first kappa shape index (κ1) is 15.4. The average molecular weight is 336 g/mol. The number of para-hydroxylation sites is 1. The minimum absolute atomic E-state index is 0.167. The summed E-state index contributed by atoms with van der Waals surface area (Å²) in [7, 11) is 0. The number of hydrogen-bond donors (Lipinski definition) is 0. The van der Waals surface area contributed by atoms with Crippen LogP contribution < -0.4 is 4.74 Å². The van der Waals surface area contributed by atoms with Gasteiger partial charge >= 0.3 is 5.97 Å². The maximum Gasteiger partial charge on any atom is 0.339 e. The molecule has 3 aromatic rings. The summed E-state index contributed by atoms with van der Waals surface area (Å²) in [5.41, 5.74) is 2.08. The molecule has 4 rings (SSSR count). The molecule has 1 aliphatic heterocycles. The van der Waals surface area contributed by atoms with E-state index in [0.29, 0.717) is 22.9 Å². The highest BCUT2D eigenvalue weighted by molar-refractivity contribution is 5.96. The lowest BCUT2D eigenvalue weighted by Gasteiger charge is -2.12. The molecule has 25 heavy (non-hydrogen) atoms. The maximum absolute atomic E-state index is 12.5. The van der Waals surface area contributed by atoms with Crippen molar-refractivity contribution in [1.29, 1.82) is 0 Å². The van der Waals surface area contributed by atoms with Crippen LogP contribution in [0.2, 0.25) is 0 Å². The summed E-state index contributed by atoms with van der Waals surface area (Å²) in [6.45, 7) is 1.89. The average Bonchev–Trinajstić information content (AvgIpc) is 3.25. The normalized spacial score (nSPS) is 15.5. The van der Waals surface area contributed by atoms with Crippen LogP contribution in [0, 0.1) is 6.92 Å². The van der Waals surface area contributed by atoms with Gasteiger partial charge in [0, 0.05) is 13.3 Å². The molecule has 2 heterocycles. The van der Waals surface area contributed by atoms with Crippen LogP contribution in [0.5, 0.6) is 5.75 Å². The monoisotopic (exact) mass is 336 g/mol. The van der Waals surface area contributed by atoms with Crippen LogP contribution in [0.3, 0.4) is 0 Å². The Balaban J connectivity index is 1.46. The number of esters is 1. The second kappa shape index (κ2) is 6.39. The predicted molar refractivity (Wildman–Crippen MR) is 89.3 cm³/mol. The number of hydrogen-bond acceptors (Lipinski definition) is 6. The van der Waals surface area contributed by atoms with Gasteiger partial charge in [-0.1, -0.05) is 30.3 Å². The Bertz CT molecular complexity index is 894. The standard InChI is InChI=1S/C19H16N2O4/c1-12-20-21-18(24-12)15-7-3-4-8-16(15)19(22)23-11-14-10-13-6-2-5-9-17(13)25-14/h2-9,14H,10-11H2,1H3. The van der Waals surface area contributed by atoms with Gasteiger partial charge in [-0.2, -0.15) is 0 Å². The van der Waals surface area contributed by atoms with E-state index >= 15 is 0 Å². The molecule has 0 amide bonds. The van der Waals surface area contributed by atoms with Crippen molar-refractivity contribution in [3.8, 4) is 17.2 Å². The minimum atomic E-state index is -0.439. The number of carbonyl (C=O) groups is 1. The summed E-state index contributed by atoms with van der Waals surface area (Å²) < 4.78 is 16.7. The highest BCUT2D eigenvalue weighted by Crippen LogP contribution is 2.28. The molecule has 0 spiro atoms. The van der Waals surface area contributed by atoms with Crippen molar-refractivity contribution in [2.45, 2.75) is 19.4 Å². The lowest BCUT2D eigenvalue weighted by Crippen LogP contribution is -2.23. The first-order chi connectivity index (χ1) is 12.2. The van der Waals surface area contributed by atoms with E-state index in [4.69, 9.17) is 13.9 Å². The van der Waals surface area contributed by atoms with E-state index in [0.717, 1.165) is 17.7 Å². The Morgan fingerprint density at radius 1 is 1.16 bits per heavy atom. The highest BCUT2D eigenvalue weighted by Gasteiger charge is 2.25. The molecule has 126 valence electrons. The van der Waals surface area contributed by atoms with Crippen molar-refractivity contribution < 1.29 is 18.7 Å². The van der Waals surface area contributed by atoms with Crippen molar-refractivity contribution in [2.24, 2.45) is 0 Å². The number of ether oxygens (including phenoxy) is 2. The second-order valence-electron chi connectivity index (χ2n) is 5.82. The van der Waals surface area contributed by atoms with Gasteiger partial charge in [0.15, 0.2) is 0 Å². The molecule has 0 fully saturated rings. The van der Waals surface area contributed by atoms with Crippen molar-refractivity contribution in [3.63, 3.8) is 0 Å². The van der Waals surface area contributed by atoms with Crippen molar-refractivity contribution in [3.05, 3.63) is 65.5 Å². The first-order valence-electron chi connectivity index (χ1n) is 8.02. The smallest absolute Gasteiger partial charge is 0.339 e. The van der Waals surface area contributed by atoms with Crippen LogP contribution in [-0.2, 0) is 11.2 Å². The van der Waals surface area contributed by atoms with E-state index < -0.39 is 5.97 Å². The third-order valence-electron chi connectivity index (χ3n) is 4.02. The summed E-state index contributed by atoms with van der Waals surface area (Å²) in [6.07, 6.45) is 0.563. The van der Waals surface area contributed by atoms with Crippen molar-refractivity contribution >= 4 is 5.97 Å². The van der Waals surface area contributed by atoms with Crippen LogP contribution in [-0.4, -0.2) is 28.9 Å². The second-order valence-corrected chi connectivity index (χ2v) is 5.82. The number of aromatic nitrogens is 2. The molecule has 1 aromatic heterocycles. The van der Waals surface area contributed by atoms with E-state index in [1.54, 1.807) is 25.1 Å². The molecule has 0 saturated carbocycles. The number of carbonyl (C=O) groups excluding carboxylic acids is 1. The Labute approximate surface area is 144 Å². The Hall–Kier alpha value is -3.15. The summed E-state index contributed by atoms with van der Waals surface area (Å²) in [4.78, 5) is 12.5. The quantitative estimate of drug-likeness (QED) is 0.681.